The predicted molar refractivity (Wildman–Crippen MR) is 70.8 cm³/mol. The van der Waals surface area contributed by atoms with Crippen molar-refractivity contribution >= 4 is 11.8 Å². The molecule has 0 aliphatic carbocycles. The van der Waals surface area contributed by atoms with Gasteiger partial charge in [0.15, 0.2) is 0 Å². The molecule has 5 heteroatoms. The van der Waals surface area contributed by atoms with Crippen molar-refractivity contribution in [2.45, 2.75) is 37.8 Å². The SMILES string of the molecule is CC(C)(C)NCc1cc(F)c(SCCO)c(F)c1. The normalized spacial score (nSPS) is 11.9. The first kappa shape index (κ1) is 15.4. The Balaban J connectivity index is 2.79. The van der Waals surface area contributed by atoms with Crippen LogP contribution in [0.15, 0.2) is 17.0 Å². The first-order valence-corrected chi connectivity index (χ1v) is 6.78. The second kappa shape index (κ2) is 6.50. The summed E-state index contributed by atoms with van der Waals surface area (Å²) < 4.78 is 27.4. The fraction of sp³-hybridized carbons (Fsp3) is 0.538. The van der Waals surface area contributed by atoms with E-state index in [0.717, 1.165) is 11.8 Å². The number of benzene rings is 1. The molecule has 102 valence electrons. The summed E-state index contributed by atoms with van der Waals surface area (Å²) in [5, 5.41) is 11.8. The number of aliphatic hydroxyl groups is 1. The molecule has 0 fully saturated rings. The summed E-state index contributed by atoms with van der Waals surface area (Å²) in [6.07, 6.45) is 0. The van der Waals surface area contributed by atoms with E-state index in [-0.39, 0.29) is 22.8 Å². The van der Waals surface area contributed by atoms with E-state index in [9.17, 15) is 8.78 Å². The summed E-state index contributed by atoms with van der Waals surface area (Å²) in [5.41, 5.74) is 0.477. The predicted octanol–water partition coefficient (Wildman–Crippen LogP) is 2.94. The molecule has 0 saturated heterocycles. The zero-order valence-electron chi connectivity index (χ0n) is 10.9. The van der Waals surface area contributed by atoms with Gasteiger partial charge in [0.2, 0.25) is 0 Å². The minimum Gasteiger partial charge on any atom is -0.396 e. The van der Waals surface area contributed by atoms with E-state index in [0.29, 0.717) is 12.1 Å². The fourth-order valence-corrected chi connectivity index (χ4v) is 2.06. The van der Waals surface area contributed by atoms with Gasteiger partial charge in [-0.2, -0.15) is 0 Å². The van der Waals surface area contributed by atoms with Gasteiger partial charge in [-0.1, -0.05) is 0 Å². The third-order valence-corrected chi connectivity index (χ3v) is 3.28. The molecule has 0 amide bonds. The molecule has 1 rings (SSSR count). The molecular formula is C13H19F2NOS. The van der Waals surface area contributed by atoms with Crippen LogP contribution in [-0.4, -0.2) is 23.0 Å². The van der Waals surface area contributed by atoms with Crippen LogP contribution in [0.3, 0.4) is 0 Å². The number of hydrogen-bond acceptors (Lipinski definition) is 3. The highest BCUT2D eigenvalue weighted by Gasteiger charge is 2.13. The highest BCUT2D eigenvalue weighted by molar-refractivity contribution is 7.99. The van der Waals surface area contributed by atoms with Gasteiger partial charge in [0.1, 0.15) is 11.6 Å². The van der Waals surface area contributed by atoms with Gasteiger partial charge >= 0.3 is 0 Å². The number of thioether (sulfide) groups is 1. The quantitative estimate of drug-likeness (QED) is 0.810. The van der Waals surface area contributed by atoms with Gasteiger partial charge < -0.3 is 10.4 Å². The molecule has 2 nitrogen and oxygen atoms in total. The molecule has 0 radical (unpaired) electrons. The van der Waals surface area contributed by atoms with Crippen LogP contribution in [0.25, 0.3) is 0 Å². The highest BCUT2D eigenvalue weighted by Crippen LogP contribution is 2.26. The zero-order valence-corrected chi connectivity index (χ0v) is 11.7. The van der Waals surface area contributed by atoms with Crippen LogP contribution in [0.1, 0.15) is 26.3 Å². The molecule has 0 spiro atoms. The lowest BCUT2D eigenvalue weighted by Gasteiger charge is -2.20. The van der Waals surface area contributed by atoms with Gasteiger partial charge in [-0.05, 0) is 38.5 Å². The van der Waals surface area contributed by atoms with Crippen LogP contribution in [0.5, 0.6) is 0 Å². The first-order chi connectivity index (χ1) is 8.33. The van der Waals surface area contributed by atoms with Crippen LogP contribution in [0.2, 0.25) is 0 Å². The van der Waals surface area contributed by atoms with Crippen LogP contribution in [-0.2, 0) is 6.54 Å². The summed E-state index contributed by atoms with van der Waals surface area (Å²) in [6, 6.07) is 2.67. The molecule has 2 N–H and O–H groups in total. The third kappa shape index (κ3) is 4.92. The number of nitrogens with one attached hydrogen (secondary N) is 1. The molecule has 0 heterocycles. The average molecular weight is 275 g/mol. The third-order valence-electron chi connectivity index (χ3n) is 2.22. The topological polar surface area (TPSA) is 32.3 Å². The number of halogens is 2. The van der Waals surface area contributed by atoms with Crippen LogP contribution in [0, 0.1) is 11.6 Å². The second-order valence-corrected chi connectivity index (χ2v) is 6.17. The van der Waals surface area contributed by atoms with Crippen molar-refractivity contribution in [3.05, 3.63) is 29.3 Å². The van der Waals surface area contributed by atoms with E-state index in [1.807, 2.05) is 20.8 Å². The Morgan fingerprint density at radius 1 is 1.22 bits per heavy atom. The molecule has 0 atom stereocenters. The molecule has 0 unspecified atom stereocenters. The van der Waals surface area contributed by atoms with E-state index in [1.54, 1.807) is 0 Å². The van der Waals surface area contributed by atoms with Gasteiger partial charge in [0.25, 0.3) is 0 Å². The fourth-order valence-electron chi connectivity index (χ4n) is 1.37. The van der Waals surface area contributed by atoms with Crippen molar-refractivity contribution in [2.75, 3.05) is 12.4 Å². The van der Waals surface area contributed by atoms with Gasteiger partial charge in [-0.25, -0.2) is 8.78 Å². The Kier molecular flexibility index (Phi) is 5.56. The molecular weight excluding hydrogens is 256 g/mol. The molecule has 0 aromatic heterocycles. The maximum Gasteiger partial charge on any atom is 0.140 e. The second-order valence-electron chi connectivity index (χ2n) is 5.06. The lowest BCUT2D eigenvalue weighted by molar-refractivity contribution is 0.322. The molecule has 1 aromatic carbocycles. The molecule has 18 heavy (non-hydrogen) atoms. The number of aliphatic hydroxyl groups excluding tert-OH is 1. The number of rotatable bonds is 5. The first-order valence-electron chi connectivity index (χ1n) is 5.80. The van der Waals surface area contributed by atoms with Crippen LogP contribution >= 0.6 is 11.8 Å². The molecule has 0 aliphatic rings. The summed E-state index contributed by atoms with van der Waals surface area (Å²) in [5.74, 6) is -0.855. The summed E-state index contributed by atoms with van der Waals surface area (Å²) in [6.45, 7) is 6.29. The van der Waals surface area contributed by atoms with E-state index >= 15 is 0 Å². The maximum absolute atomic E-state index is 13.7. The molecule has 0 aliphatic heterocycles. The number of hydrogen-bond donors (Lipinski definition) is 2. The molecule has 0 bridgehead atoms. The lowest BCUT2D eigenvalue weighted by Crippen LogP contribution is -2.35. The van der Waals surface area contributed by atoms with E-state index < -0.39 is 11.6 Å². The van der Waals surface area contributed by atoms with E-state index in [2.05, 4.69) is 5.32 Å². The maximum atomic E-state index is 13.7. The van der Waals surface area contributed by atoms with Gasteiger partial charge in [-0.15, -0.1) is 11.8 Å². The minimum atomic E-state index is -0.570. The van der Waals surface area contributed by atoms with Crippen molar-refractivity contribution < 1.29 is 13.9 Å². The summed E-state index contributed by atoms with van der Waals surface area (Å²) in [4.78, 5) is -0.0245. The highest BCUT2D eigenvalue weighted by atomic mass is 32.2. The Bertz CT molecular complexity index is 381. The van der Waals surface area contributed by atoms with E-state index in [4.69, 9.17) is 5.11 Å². The molecule has 0 saturated carbocycles. The van der Waals surface area contributed by atoms with Crippen molar-refractivity contribution in [1.29, 1.82) is 0 Å². The monoisotopic (exact) mass is 275 g/mol. The summed E-state index contributed by atoms with van der Waals surface area (Å²) >= 11 is 0.986. The average Bonchev–Trinajstić information content (AvgIpc) is 2.24. The van der Waals surface area contributed by atoms with Gasteiger partial charge in [0, 0.05) is 17.8 Å². The van der Waals surface area contributed by atoms with Gasteiger partial charge in [0.05, 0.1) is 11.5 Å². The standard InChI is InChI=1S/C13H19F2NOS/c1-13(2,3)16-8-9-6-10(14)12(11(15)7-9)18-5-4-17/h6-7,16-17H,4-5,8H2,1-3H3. The lowest BCUT2D eigenvalue weighted by atomic mass is 10.1. The Hall–Kier alpha value is -0.650. The zero-order chi connectivity index (χ0) is 13.8. The smallest absolute Gasteiger partial charge is 0.140 e. The minimum absolute atomic E-state index is 0.0245. The molecule has 1 aromatic rings. The van der Waals surface area contributed by atoms with Crippen molar-refractivity contribution in [2.24, 2.45) is 0 Å². The van der Waals surface area contributed by atoms with Crippen LogP contribution in [0.4, 0.5) is 8.78 Å². The van der Waals surface area contributed by atoms with Crippen molar-refractivity contribution in [3.63, 3.8) is 0 Å². The Morgan fingerprint density at radius 3 is 2.22 bits per heavy atom. The van der Waals surface area contributed by atoms with Crippen LogP contribution < -0.4 is 5.32 Å². The van der Waals surface area contributed by atoms with E-state index in [1.165, 1.54) is 12.1 Å². The largest absolute Gasteiger partial charge is 0.396 e. The summed E-state index contributed by atoms with van der Waals surface area (Å²) in [7, 11) is 0. The Labute approximate surface area is 111 Å². The van der Waals surface area contributed by atoms with Crippen molar-refractivity contribution in [1.82, 2.24) is 5.32 Å². The van der Waals surface area contributed by atoms with Crippen molar-refractivity contribution in [3.8, 4) is 0 Å². The van der Waals surface area contributed by atoms with Gasteiger partial charge in [-0.3, -0.25) is 0 Å². The Morgan fingerprint density at radius 2 is 1.78 bits per heavy atom.